The second-order valence-electron chi connectivity index (χ2n) is 4.18. The van der Waals surface area contributed by atoms with Crippen LogP contribution in [0.2, 0.25) is 0 Å². The minimum absolute atomic E-state index is 0.0300. The lowest BCUT2D eigenvalue weighted by Crippen LogP contribution is -2.50. The third-order valence-electron chi connectivity index (χ3n) is 2.68. The first kappa shape index (κ1) is 17.2. The normalized spacial score (nSPS) is 13.8. The maximum Gasteiger partial charge on any atom is 0.325 e. The Balaban J connectivity index is 3.98. The van der Waals surface area contributed by atoms with Crippen LogP contribution in [0.3, 0.4) is 0 Å². The Morgan fingerprint density at radius 3 is 2.56 bits per heavy atom. The van der Waals surface area contributed by atoms with Gasteiger partial charge in [0.25, 0.3) is 0 Å². The van der Waals surface area contributed by atoms with E-state index in [2.05, 4.69) is 10.6 Å². The van der Waals surface area contributed by atoms with Gasteiger partial charge in [-0.1, -0.05) is 6.92 Å². The highest BCUT2D eigenvalue weighted by molar-refractivity contribution is 7.99. The van der Waals surface area contributed by atoms with Crippen molar-refractivity contribution in [3.8, 4) is 0 Å². The van der Waals surface area contributed by atoms with Crippen LogP contribution in [0.25, 0.3) is 0 Å². The van der Waals surface area contributed by atoms with Gasteiger partial charge in [0.1, 0.15) is 5.54 Å². The third kappa shape index (κ3) is 6.26. The van der Waals surface area contributed by atoms with Gasteiger partial charge in [-0.25, -0.2) is 0 Å². The number of hydrogen-bond acceptors (Lipinski definition) is 5. The van der Waals surface area contributed by atoms with Crippen LogP contribution in [0, 0.1) is 0 Å². The number of esters is 1. The van der Waals surface area contributed by atoms with Crippen LogP contribution >= 0.6 is 11.8 Å². The average molecular weight is 276 g/mol. The van der Waals surface area contributed by atoms with E-state index in [4.69, 9.17) is 4.74 Å². The predicted molar refractivity (Wildman–Crippen MR) is 74.7 cm³/mol. The zero-order valence-corrected chi connectivity index (χ0v) is 12.5. The van der Waals surface area contributed by atoms with Crippen LogP contribution < -0.4 is 10.6 Å². The predicted octanol–water partition coefficient (Wildman–Crippen LogP) is 0.787. The summed E-state index contributed by atoms with van der Waals surface area (Å²) in [6.45, 7) is 4.53. The summed E-state index contributed by atoms with van der Waals surface area (Å²) in [6.07, 6.45) is 1.56. The summed E-state index contributed by atoms with van der Waals surface area (Å²) < 4.78 is 4.81. The van der Waals surface area contributed by atoms with Crippen molar-refractivity contribution < 1.29 is 14.3 Å². The number of thioether (sulfide) groups is 1. The number of ether oxygens (including phenoxy) is 1. The Kier molecular flexibility index (Phi) is 8.83. The molecule has 0 spiro atoms. The van der Waals surface area contributed by atoms with E-state index in [1.54, 1.807) is 18.8 Å². The summed E-state index contributed by atoms with van der Waals surface area (Å²) in [5.74, 6) is 1.11. The van der Waals surface area contributed by atoms with Gasteiger partial charge in [-0.05, 0) is 32.1 Å². The SMILES string of the molecule is CCNC(C)(CCCSCC(=O)NC)C(=O)OC. The Morgan fingerprint density at radius 2 is 2.06 bits per heavy atom. The highest BCUT2D eigenvalue weighted by atomic mass is 32.2. The fourth-order valence-electron chi connectivity index (χ4n) is 1.64. The van der Waals surface area contributed by atoms with Crippen molar-refractivity contribution in [3.05, 3.63) is 0 Å². The number of methoxy groups -OCH3 is 1. The summed E-state index contributed by atoms with van der Waals surface area (Å²) in [7, 11) is 3.03. The van der Waals surface area contributed by atoms with Gasteiger partial charge in [0.2, 0.25) is 5.91 Å². The molecule has 106 valence electrons. The first-order chi connectivity index (χ1) is 8.50. The molecule has 5 nitrogen and oxygen atoms in total. The number of carbonyl (C=O) groups is 2. The molecule has 0 aliphatic carbocycles. The second-order valence-corrected chi connectivity index (χ2v) is 5.29. The first-order valence-electron chi connectivity index (χ1n) is 6.12. The monoisotopic (exact) mass is 276 g/mol. The highest BCUT2D eigenvalue weighted by Crippen LogP contribution is 2.16. The minimum atomic E-state index is -0.628. The van der Waals surface area contributed by atoms with Gasteiger partial charge >= 0.3 is 5.97 Å². The Hall–Kier alpha value is -0.750. The molecule has 0 aromatic heterocycles. The van der Waals surface area contributed by atoms with Gasteiger partial charge in [0.05, 0.1) is 12.9 Å². The maximum atomic E-state index is 11.7. The summed E-state index contributed by atoms with van der Waals surface area (Å²) in [5, 5.41) is 5.73. The van der Waals surface area contributed by atoms with Crippen LogP contribution in [0.5, 0.6) is 0 Å². The molecule has 18 heavy (non-hydrogen) atoms. The van der Waals surface area contributed by atoms with E-state index in [-0.39, 0.29) is 11.9 Å². The number of nitrogens with one attached hydrogen (secondary N) is 2. The summed E-state index contributed by atoms with van der Waals surface area (Å²) in [4.78, 5) is 22.7. The van der Waals surface area contributed by atoms with Crippen molar-refractivity contribution in [1.82, 2.24) is 10.6 Å². The molecule has 2 N–H and O–H groups in total. The Morgan fingerprint density at radius 1 is 1.39 bits per heavy atom. The Labute approximate surface area is 113 Å². The summed E-state index contributed by atoms with van der Waals surface area (Å²) in [6, 6.07) is 0. The van der Waals surface area contributed by atoms with Crippen molar-refractivity contribution in [1.29, 1.82) is 0 Å². The van der Waals surface area contributed by atoms with E-state index < -0.39 is 5.54 Å². The molecule has 0 fully saturated rings. The molecule has 1 atom stereocenters. The molecule has 0 rings (SSSR count). The lowest BCUT2D eigenvalue weighted by molar-refractivity contribution is -0.148. The van der Waals surface area contributed by atoms with Crippen LogP contribution in [0.15, 0.2) is 0 Å². The van der Waals surface area contributed by atoms with E-state index in [1.165, 1.54) is 7.11 Å². The molecule has 0 aromatic carbocycles. The van der Waals surface area contributed by atoms with Crippen LogP contribution in [-0.2, 0) is 14.3 Å². The number of amides is 1. The maximum absolute atomic E-state index is 11.7. The number of likely N-dealkylation sites (N-methyl/N-ethyl adjacent to an activating group) is 1. The zero-order chi connectivity index (χ0) is 14.0. The molecule has 1 amide bonds. The van der Waals surface area contributed by atoms with E-state index in [0.717, 1.165) is 18.7 Å². The number of rotatable bonds is 9. The standard InChI is InChI=1S/C12H24N2O3S/c1-5-14-12(2,11(16)17-4)7-6-8-18-9-10(15)13-3/h14H,5-9H2,1-4H3,(H,13,15). The minimum Gasteiger partial charge on any atom is -0.468 e. The molecular formula is C12H24N2O3S. The quantitative estimate of drug-likeness (QED) is 0.481. The van der Waals surface area contributed by atoms with Gasteiger partial charge < -0.3 is 15.4 Å². The smallest absolute Gasteiger partial charge is 0.325 e. The molecule has 6 heteroatoms. The van der Waals surface area contributed by atoms with E-state index in [0.29, 0.717) is 12.2 Å². The molecule has 0 aliphatic rings. The van der Waals surface area contributed by atoms with Crippen molar-refractivity contribution in [3.63, 3.8) is 0 Å². The lowest BCUT2D eigenvalue weighted by Gasteiger charge is -2.27. The Bertz CT molecular complexity index is 274. The fourth-order valence-corrected chi connectivity index (χ4v) is 2.47. The average Bonchev–Trinajstić information content (AvgIpc) is 2.37. The van der Waals surface area contributed by atoms with Gasteiger partial charge in [-0.2, -0.15) is 11.8 Å². The molecule has 0 bridgehead atoms. The van der Waals surface area contributed by atoms with E-state index in [9.17, 15) is 9.59 Å². The molecule has 0 saturated carbocycles. The largest absolute Gasteiger partial charge is 0.468 e. The van der Waals surface area contributed by atoms with Crippen molar-refractivity contribution in [2.24, 2.45) is 0 Å². The van der Waals surface area contributed by atoms with Crippen LogP contribution in [0.1, 0.15) is 26.7 Å². The molecule has 0 aliphatic heterocycles. The number of carbonyl (C=O) groups excluding carboxylic acids is 2. The van der Waals surface area contributed by atoms with Gasteiger partial charge in [0.15, 0.2) is 0 Å². The second kappa shape index (κ2) is 9.22. The summed E-state index contributed by atoms with van der Waals surface area (Å²) >= 11 is 1.57. The van der Waals surface area contributed by atoms with Crippen LogP contribution in [0.4, 0.5) is 0 Å². The molecule has 0 heterocycles. The van der Waals surface area contributed by atoms with E-state index in [1.807, 2.05) is 13.8 Å². The van der Waals surface area contributed by atoms with Gasteiger partial charge in [-0.3, -0.25) is 9.59 Å². The first-order valence-corrected chi connectivity index (χ1v) is 7.27. The van der Waals surface area contributed by atoms with Gasteiger partial charge in [0, 0.05) is 7.05 Å². The highest BCUT2D eigenvalue weighted by Gasteiger charge is 2.32. The zero-order valence-electron chi connectivity index (χ0n) is 11.7. The van der Waals surface area contributed by atoms with Crippen LogP contribution in [-0.4, -0.2) is 49.6 Å². The molecule has 1 unspecified atom stereocenters. The van der Waals surface area contributed by atoms with E-state index >= 15 is 0 Å². The summed E-state index contributed by atoms with van der Waals surface area (Å²) in [5.41, 5.74) is -0.628. The third-order valence-corrected chi connectivity index (χ3v) is 3.72. The molecule has 0 saturated heterocycles. The molecule has 0 aromatic rings. The van der Waals surface area contributed by atoms with Crippen molar-refractivity contribution in [2.75, 3.05) is 32.2 Å². The lowest BCUT2D eigenvalue weighted by atomic mass is 9.96. The van der Waals surface area contributed by atoms with Crippen molar-refractivity contribution in [2.45, 2.75) is 32.2 Å². The fraction of sp³-hybridized carbons (Fsp3) is 0.833. The number of hydrogen-bond donors (Lipinski definition) is 2. The topological polar surface area (TPSA) is 67.4 Å². The van der Waals surface area contributed by atoms with Gasteiger partial charge in [-0.15, -0.1) is 0 Å². The molecular weight excluding hydrogens is 252 g/mol. The molecule has 0 radical (unpaired) electrons. The van der Waals surface area contributed by atoms with Crippen molar-refractivity contribution >= 4 is 23.6 Å².